The van der Waals surface area contributed by atoms with Crippen LogP contribution in [-0.4, -0.2) is 32.0 Å². The summed E-state index contributed by atoms with van der Waals surface area (Å²) in [6, 6.07) is 4.60. The average molecular weight is 272 g/mol. The highest BCUT2D eigenvalue weighted by Gasteiger charge is 2.29. The SMILES string of the molecule is CCc1nc2cccnc2n1C1CCCCN1C(C)C. The van der Waals surface area contributed by atoms with Crippen LogP contribution in [-0.2, 0) is 6.42 Å². The maximum Gasteiger partial charge on any atom is 0.161 e. The number of aromatic nitrogens is 3. The molecule has 0 aromatic carbocycles. The van der Waals surface area contributed by atoms with Gasteiger partial charge in [0.25, 0.3) is 0 Å². The summed E-state index contributed by atoms with van der Waals surface area (Å²) >= 11 is 0. The molecule has 0 aliphatic carbocycles. The first-order valence-corrected chi connectivity index (χ1v) is 7.80. The predicted octanol–water partition coefficient (Wildman–Crippen LogP) is 3.39. The number of nitrogens with zero attached hydrogens (tertiary/aromatic N) is 4. The normalized spacial score (nSPS) is 20.9. The van der Waals surface area contributed by atoms with Crippen LogP contribution in [0.15, 0.2) is 18.3 Å². The highest BCUT2D eigenvalue weighted by molar-refractivity contribution is 5.71. The van der Waals surface area contributed by atoms with Crippen LogP contribution in [0.4, 0.5) is 0 Å². The maximum atomic E-state index is 4.77. The molecule has 1 fully saturated rings. The number of hydrogen-bond acceptors (Lipinski definition) is 3. The van der Waals surface area contributed by atoms with Crippen molar-refractivity contribution < 1.29 is 0 Å². The smallest absolute Gasteiger partial charge is 0.161 e. The fourth-order valence-corrected chi connectivity index (χ4v) is 3.35. The zero-order valence-corrected chi connectivity index (χ0v) is 12.7. The van der Waals surface area contributed by atoms with Gasteiger partial charge in [0, 0.05) is 25.2 Å². The Morgan fingerprint density at radius 1 is 1.35 bits per heavy atom. The monoisotopic (exact) mass is 272 g/mol. The number of aryl methyl sites for hydroxylation is 1. The molecule has 1 aliphatic heterocycles. The van der Waals surface area contributed by atoms with Crippen LogP contribution < -0.4 is 0 Å². The topological polar surface area (TPSA) is 34.0 Å². The molecule has 0 saturated carbocycles. The van der Waals surface area contributed by atoms with E-state index in [1.165, 1.54) is 25.8 Å². The van der Waals surface area contributed by atoms with Crippen LogP contribution in [0.2, 0.25) is 0 Å². The first-order valence-electron chi connectivity index (χ1n) is 7.80. The van der Waals surface area contributed by atoms with Crippen LogP contribution >= 0.6 is 0 Å². The third kappa shape index (κ3) is 2.22. The molecule has 20 heavy (non-hydrogen) atoms. The van der Waals surface area contributed by atoms with E-state index in [1.807, 2.05) is 12.3 Å². The molecular weight excluding hydrogens is 248 g/mol. The van der Waals surface area contributed by atoms with Crippen molar-refractivity contribution in [2.24, 2.45) is 0 Å². The van der Waals surface area contributed by atoms with E-state index in [2.05, 4.69) is 41.3 Å². The van der Waals surface area contributed by atoms with Gasteiger partial charge in [-0.05, 0) is 45.2 Å². The zero-order chi connectivity index (χ0) is 14.1. The van der Waals surface area contributed by atoms with E-state index < -0.39 is 0 Å². The van der Waals surface area contributed by atoms with Crippen LogP contribution in [0.25, 0.3) is 11.2 Å². The molecule has 0 spiro atoms. The van der Waals surface area contributed by atoms with Gasteiger partial charge in [-0.15, -0.1) is 0 Å². The van der Waals surface area contributed by atoms with Crippen molar-refractivity contribution in [1.82, 2.24) is 19.4 Å². The quantitative estimate of drug-likeness (QED) is 0.859. The maximum absolute atomic E-state index is 4.77. The minimum atomic E-state index is 0.415. The largest absolute Gasteiger partial charge is 0.296 e. The Labute approximate surface area is 120 Å². The lowest BCUT2D eigenvalue weighted by Crippen LogP contribution is -2.41. The van der Waals surface area contributed by atoms with Crippen molar-refractivity contribution in [1.29, 1.82) is 0 Å². The molecule has 2 aromatic rings. The molecule has 4 nitrogen and oxygen atoms in total. The Balaban J connectivity index is 2.11. The zero-order valence-electron chi connectivity index (χ0n) is 12.7. The van der Waals surface area contributed by atoms with Crippen LogP contribution in [0.5, 0.6) is 0 Å². The molecule has 1 unspecified atom stereocenters. The van der Waals surface area contributed by atoms with E-state index in [4.69, 9.17) is 4.98 Å². The van der Waals surface area contributed by atoms with Gasteiger partial charge in [0.05, 0.1) is 6.17 Å². The van der Waals surface area contributed by atoms with Gasteiger partial charge in [-0.3, -0.25) is 9.47 Å². The van der Waals surface area contributed by atoms with E-state index in [0.29, 0.717) is 12.2 Å². The lowest BCUT2D eigenvalue weighted by Gasteiger charge is -2.39. The molecule has 2 aromatic heterocycles. The number of pyridine rings is 1. The summed E-state index contributed by atoms with van der Waals surface area (Å²) in [4.78, 5) is 12.0. The number of imidazole rings is 1. The van der Waals surface area contributed by atoms with Gasteiger partial charge in [-0.1, -0.05) is 6.92 Å². The number of rotatable bonds is 3. The van der Waals surface area contributed by atoms with Crippen LogP contribution in [0, 0.1) is 0 Å². The molecule has 1 atom stereocenters. The van der Waals surface area contributed by atoms with Crippen molar-refractivity contribution in [3.05, 3.63) is 24.2 Å². The summed E-state index contributed by atoms with van der Waals surface area (Å²) in [5, 5.41) is 0. The molecule has 0 N–H and O–H groups in total. The average Bonchev–Trinajstić information content (AvgIpc) is 2.85. The van der Waals surface area contributed by atoms with E-state index in [1.54, 1.807) is 0 Å². The fraction of sp³-hybridized carbons (Fsp3) is 0.625. The Kier molecular flexibility index (Phi) is 3.74. The number of piperidine rings is 1. The fourth-order valence-electron chi connectivity index (χ4n) is 3.35. The highest BCUT2D eigenvalue weighted by Crippen LogP contribution is 2.31. The van der Waals surface area contributed by atoms with Crippen LogP contribution in [0.1, 0.15) is 52.0 Å². The summed E-state index contributed by atoms with van der Waals surface area (Å²) in [6.07, 6.45) is 7.05. The third-order valence-electron chi connectivity index (χ3n) is 4.31. The van der Waals surface area contributed by atoms with Gasteiger partial charge in [0.1, 0.15) is 11.3 Å². The van der Waals surface area contributed by atoms with E-state index in [0.717, 1.165) is 23.4 Å². The molecule has 1 aliphatic rings. The Morgan fingerprint density at radius 2 is 2.20 bits per heavy atom. The van der Waals surface area contributed by atoms with E-state index in [-0.39, 0.29) is 0 Å². The Morgan fingerprint density at radius 3 is 2.95 bits per heavy atom. The summed E-state index contributed by atoms with van der Waals surface area (Å²) < 4.78 is 2.38. The van der Waals surface area contributed by atoms with Gasteiger partial charge in [0.2, 0.25) is 0 Å². The van der Waals surface area contributed by atoms with Crippen molar-refractivity contribution >= 4 is 11.2 Å². The van der Waals surface area contributed by atoms with Gasteiger partial charge >= 0.3 is 0 Å². The van der Waals surface area contributed by atoms with Crippen molar-refractivity contribution in [3.8, 4) is 0 Å². The lowest BCUT2D eigenvalue weighted by atomic mass is 10.1. The molecule has 0 radical (unpaired) electrons. The summed E-state index contributed by atoms with van der Waals surface area (Å²) in [5.74, 6) is 1.16. The molecule has 1 saturated heterocycles. The second-order valence-corrected chi connectivity index (χ2v) is 5.91. The number of hydrogen-bond donors (Lipinski definition) is 0. The standard InChI is InChI=1S/C16H24N4/c1-4-14-18-13-8-7-10-17-16(13)20(14)15-9-5-6-11-19(15)12(2)3/h7-8,10,12,15H,4-6,9,11H2,1-3H3. The number of fused-ring (bicyclic) bond motifs is 1. The molecule has 0 amide bonds. The Bertz CT molecular complexity index is 587. The van der Waals surface area contributed by atoms with Gasteiger partial charge in [-0.2, -0.15) is 0 Å². The third-order valence-corrected chi connectivity index (χ3v) is 4.31. The van der Waals surface area contributed by atoms with Crippen molar-refractivity contribution in [2.75, 3.05) is 6.54 Å². The van der Waals surface area contributed by atoms with Gasteiger partial charge in [-0.25, -0.2) is 9.97 Å². The molecule has 4 heteroatoms. The lowest BCUT2D eigenvalue weighted by molar-refractivity contribution is 0.0648. The Hall–Kier alpha value is -1.42. The summed E-state index contributed by atoms with van der Waals surface area (Å²) in [7, 11) is 0. The van der Waals surface area contributed by atoms with Gasteiger partial charge < -0.3 is 0 Å². The second kappa shape index (κ2) is 5.52. The minimum Gasteiger partial charge on any atom is -0.296 e. The second-order valence-electron chi connectivity index (χ2n) is 5.91. The predicted molar refractivity (Wildman–Crippen MR) is 81.6 cm³/mol. The highest BCUT2D eigenvalue weighted by atomic mass is 15.3. The van der Waals surface area contributed by atoms with Crippen molar-refractivity contribution in [3.63, 3.8) is 0 Å². The molecule has 0 bridgehead atoms. The molecule has 3 heterocycles. The minimum absolute atomic E-state index is 0.415. The first kappa shape index (κ1) is 13.6. The van der Waals surface area contributed by atoms with Crippen LogP contribution in [0.3, 0.4) is 0 Å². The molecule has 3 rings (SSSR count). The molecular formula is C16H24N4. The van der Waals surface area contributed by atoms with E-state index in [9.17, 15) is 0 Å². The van der Waals surface area contributed by atoms with Gasteiger partial charge in [0.15, 0.2) is 5.65 Å². The molecule has 108 valence electrons. The summed E-state index contributed by atoms with van der Waals surface area (Å²) in [5.41, 5.74) is 2.07. The number of likely N-dealkylation sites (tertiary alicyclic amines) is 1. The van der Waals surface area contributed by atoms with Crippen molar-refractivity contribution in [2.45, 2.75) is 58.7 Å². The summed E-state index contributed by atoms with van der Waals surface area (Å²) in [6.45, 7) is 7.94. The van der Waals surface area contributed by atoms with E-state index >= 15 is 0 Å². The first-order chi connectivity index (χ1) is 9.72.